The number of nitrogens with zero attached hydrogens (tertiary/aromatic N) is 3. The quantitative estimate of drug-likeness (QED) is 0.806. The van der Waals surface area contributed by atoms with E-state index in [0.29, 0.717) is 33.7 Å². The van der Waals surface area contributed by atoms with Crippen LogP contribution in [0.1, 0.15) is 40.6 Å². The molecule has 1 saturated heterocycles. The van der Waals surface area contributed by atoms with Crippen molar-refractivity contribution >= 4 is 35.0 Å². The van der Waals surface area contributed by atoms with E-state index in [-0.39, 0.29) is 5.91 Å². The summed E-state index contributed by atoms with van der Waals surface area (Å²) < 4.78 is 4.71. The van der Waals surface area contributed by atoms with Crippen LogP contribution in [0.15, 0.2) is 30.6 Å². The minimum atomic E-state index is -0.461. The zero-order valence-corrected chi connectivity index (χ0v) is 16.0. The first-order chi connectivity index (χ1) is 13.0. The molecule has 1 amide bonds. The van der Waals surface area contributed by atoms with Crippen LogP contribution < -0.4 is 5.32 Å². The van der Waals surface area contributed by atoms with Gasteiger partial charge in [-0.15, -0.1) is 0 Å². The van der Waals surface area contributed by atoms with Crippen molar-refractivity contribution in [1.29, 1.82) is 0 Å². The molecule has 1 unspecified atom stereocenters. The van der Waals surface area contributed by atoms with E-state index >= 15 is 0 Å². The number of piperidine rings is 1. The SMILES string of the molecule is COC(=O)c1ccc(Cl)c(Nc2cnc(C(=O)N3CCCC(C)C3)cn2)c1. The molecule has 142 valence electrons. The van der Waals surface area contributed by atoms with E-state index in [0.717, 1.165) is 25.9 Å². The van der Waals surface area contributed by atoms with Crippen molar-refractivity contribution < 1.29 is 14.3 Å². The van der Waals surface area contributed by atoms with Crippen molar-refractivity contribution in [2.45, 2.75) is 19.8 Å². The van der Waals surface area contributed by atoms with Gasteiger partial charge in [-0.1, -0.05) is 18.5 Å². The van der Waals surface area contributed by atoms with Crippen LogP contribution in [0.5, 0.6) is 0 Å². The molecular formula is C19H21ClN4O3. The fraction of sp³-hybridized carbons (Fsp3) is 0.368. The number of methoxy groups -OCH3 is 1. The highest BCUT2D eigenvalue weighted by atomic mass is 35.5. The van der Waals surface area contributed by atoms with Crippen LogP contribution in [-0.4, -0.2) is 46.9 Å². The largest absolute Gasteiger partial charge is 0.465 e. The number of benzene rings is 1. The third-order valence-electron chi connectivity index (χ3n) is 4.47. The van der Waals surface area contributed by atoms with Crippen LogP contribution in [0.3, 0.4) is 0 Å². The highest BCUT2D eigenvalue weighted by molar-refractivity contribution is 6.33. The zero-order valence-electron chi connectivity index (χ0n) is 15.2. The first-order valence-corrected chi connectivity index (χ1v) is 9.12. The molecule has 0 spiro atoms. The summed E-state index contributed by atoms with van der Waals surface area (Å²) in [6.07, 6.45) is 5.07. The van der Waals surface area contributed by atoms with E-state index in [9.17, 15) is 9.59 Å². The van der Waals surface area contributed by atoms with Gasteiger partial charge in [-0.3, -0.25) is 4.79 Å². The lowest BCUT2D eigenvalue weighted by Gasteiger charge is -2.30. The predicted molar refractivity (Wildman–Crippen MR) is 102 cm³/mol. The van der Waals surface area contributed by atoms with Gasteiger partial charge in [-0.05, 0) is 37.0 Å². The fourth-order valence-corrected chi connectivity index (χ4v) is 3.21. The molecule has 0 bridgehead atoms. The number of hydrogen-bond donors (Lipinski definition) is 1. The monoisotopic (exact) mass is 388 g/mol. The zero-order chi connectivity index (χ0) is 19.4. The van der Waals surface area contributed by atoms with Crippen LogP contribution in [0, 0.1) is 5.92 Å². The van der Waals surface area contributed by atoms with Gasteiger partial charge in [0.25, 0.3) is 5.91 Å². The molecule has 1 aromatic carbocycles. The van der Waals surface area contributed by atoms with Crippen LogP contribution >= 0.6 is 11.6 Å². The van der Waals surface area contributed by atoms with E-state index in [1.54, 1.807) is 18.2 Å². The summed E-state index contributed by atoms with van der Waals surface area (Å²) in [4.78, 5) is 34.5. The van der Waals surface area contributed by atoms with Crippen molar-refractivity contribution in [2.24, 2.45) is 5.92 Å². The average Bonchev–Trinajstić information content (AvgIpc) is 2.69. The Hall–Kier alpha value is -2.67. The van der Waals surface area contributed by atoms with E-state index in [1.165, 1.54) is 19.5 Å². The summed E-state index contributed by atoms with van der Waals surface area (Å²) in [5.41, 5.74) is 1.17. The fourth-order valence-electron chi connectivity index (χ4n) is 3.04. The summed E-state index contributed by atoms with van der Waals surface area (Å²) in [6.45, 7) is 3.64. The number of anilines is 2. The van der Waals surface area contributed by atoms with Crippen molar-refractivity contribution in [3.63, 3.8) is 0 Å². The van der Waals surface area contributed by atoms with Crippen molar-refractivity contribution in [2.75, 3.05) is 25.5 Å². The molecule has 1 N–H and O–H groups in total. The second-order valence-corrected chi connectivity index (χ2v) is 7.00. The molecule has 0 saturated carbocycles. The number of hydrogen-bond acceptors (Lipinski definition) is 6. The summed E-state index contributed by atoms with van der Waals surface area (Å²) in [5.74, 6) is 0.354. The third kappa shape index (κ3) is 4.54. The predicted octanol–water partition coefficient (Wildman–Crippen LogP) is 3.53. The molecule has 2 aromatic rings. The minimum Gasteiger partial charge on any atom is -0.465 e. The van der Waals surface area contributed by atoms with Crippen LogP contribution in [0.2, 0.25) is 5.02 Å². The summed E-state index contributed by atoms with van der Waals surface area (Å²) in [5, 5.41) is 3.43. The van der Waals surface area contributed by atoms with Gasteiger partial charge >= 0.3 is 5.97 Å². The van der Waals surface area contributed by atoms with Crippen molar-refractivity contribution in [3.05, 3.63) is 46.9 Å². The molecule has 8 heteroatoms. The Morgan fingerprint density at radius 3 is 2.78 bits per heavy atom. The maximum absolute atomic E-state index is 12.6. The lowest BCUT2D eigenvalue weighted by Crippen LogP contribution is -2.39. The Morgan fingerprint density at radius 1 is 1.30 bits per heavy atom. The molecule has 3 rings (SSSR count). The van der Waals surface area contributed by atoms with Crippen molar-refractivity contribution in [3.8, 4) is 0 Å². The van der Waals surface area contributed by atoms with Gasteiger partial charge in [0.1, 0.15) is 11.5 Å². The number of likely N-dealkylation sites (tertiary alicyclic amines) is 1. The first kappa shape index (κ1) is 19.1. The molecule has 1 aromatic heterocycles. The molecule has 1 aliphatic rings. The second-order valence-electron chi connectivity index (χ2n) is 6.60. The summed E-state index contributed by atoms with van der Waals surface area (Å²) in [6, 6.07) is 4.75. The van der Waals surface area contributed by atoms with Gasteiger partial charge < -0.3 is 15.0 Å². The van der Waals surface area contributed by atoms with Crippen LogP contribution in [0.4, 0.5) is 11.5 Å². The van der Waals surface area contributed by atoms with E-state index in [4.69, 9.17) is 16.3 Å². The van der Waals surface area contributed by atoms with Gasteiger partial charge in [-0.2, -0.15) is 0 Å². The topological polar surface area (TPSA) is 84.4 Å². The molecule has 2 heterocycles. The Bertz CT molecular complexity index is 841. The smallest absolute Gasteiger partial charge is 0.337 e. The maximum Gasteiger partial charge on any atom is 0.337 e. The van der Waals surface area contributed by atoms with Gasteiger partial charge in [0.2, 0.25) is 0 Å². The van der Waals surface area contributed by atoms with Gasteiger partial charge in [0, 0.05) is 13.1 Å². The number of carbonyl (C=O) groups is 2. The number of amides is 1. The Balaban J connectivity index is 1.72. The average molecular weight is 389 g/mol. The molecular weight excluding hydrogens is 368 g/mol. The number of rotatable bonds is 4. The highest BCUT2D eigenvalue weighted by Gasteiger charge is 2.23. The van der Waals surface area contributed by atoms with Crippen molar-refractivity contribution in [1.82, 2.24) is 14.9 Å². The number of halogens is 1. The van der Waals surface area contributed by atoms with E-state index < -0.39 is 5.97 Å². The van der Waals surface area contributed by atoms with Crippen LogP contribution in [0.25, 0.3) is 0 Å². The molecule has 0 radical (unpaired) electrons. The van der Waals surface area contributed by atoms with E-state index in [2.05, 4.69) is 22.2 Å². The standard InChI is InChI=1S/C19H21ClN4O3/c1-12-4-3-7-24(11-12)18(25)16-9-22-17(10-21-16)23-15-8-13(19(26)27-2)5-6-14(15)20/h5-6,8-10,12H,3-4,7,11H2,1-2H3,(H,22,23). The second kappa shape index (κ2) is 8.35. The van der Waals surface area contributed by atoms with Gasteiger partial charge in [0.05, 0.1) is 35.8 Å². The summed E-state index contributed by atoms with van der Waals surface area (Å²) >= 11 is 6.17. The third-order valence-corrected chi connectivity index (χ3v) is 4.79. The Kier molecular flexibility index (Phi) is 5.91. The Morgan fingerprint density at radius 2 is 2.11 bits per heavy atom. The number of aromatic nitrogens is 2. The normalized spacial score (nSPS) is 16.7. The number of ether oxygens (including phenoxy) is 1. The number of nitrogens with one attached hydrogen (secondary N) is 1. The molecule has 1 fully saturated rings. The minimum absolute atomic E-state index is 0.105. The van der Waals surface area contributed by atoms with Gasteiger partial charge in [-0.25, -0.2) is 14.8 Å². The maximum atomic E-state index is 12.6. The number of esters is 1. The molecule has 1 aliphatic heterocycles. The van der Waals surface area contributed by atoms with E-state index in [1.807, 2.05) is 4.90 Å². The van der Waals surface area contributed by atoms with Crippen LogP contribution in [-0.2, 0) is 4.74 Å². The lowest BCUT2D eigenvalue weighted by molar-refractivity contribution is 0.0600. The molecule has 1 atom stereocenters. The molecule has 7 nitrogen and oxygen atoms in total. The Labute approximate surface area is 162 Å². The molecule has 0 aliphatic carbocycles. The summed E-state index contributed by atoms with van der Waals surface area (Å²) in [7, 11) is 1.31. The first-order valence-electron chi connectivity index (χ1n) is 8.74. The highest BCUT2D eigenvalue weighted by Crippen LogP contribution is 2.26. The van der Waals surface area contributed by atoms with Gasteiger partial charge in [0.15, 0.2) is 0 Å². The number of carbonyl (C=O) groups excluding carboxylic acids is 2. The molecule has 27 heavy (non-hydrogen) atoms. The lowest BCUT2D eigenvalue weighted by atomic mass is 10.0.